The Kier molecular flexibility index (Phi) is 3.83. The van der Waals surface area contributed by atoms with Crippen LogP contribution in [-0.2, 0) is 7.05 Å². The first-order valence-electron chi connectivity index (χ1n) is 7.52. The largest absolute Gasteiger partial charge is 0.354 e. The summed E-state index contributed by atoms with van der Waals surface area (Å²) in [6, 6.07) is 3.50. The first kappa shape index (κ1) is 14.6. The molecule has 2 aromatic rings. The fourth-order valence-electron chi connectivity index (χ4n) is 2.95. The molecule has 1 aliphatic rings. The number of hydrogen-bond acceptors (Lipinski definition) is 3. The van der Waals surface area contributed by atoms with Crippen LogP contribution < -0.4 is 5.43 Å². The molecule has 0 radical (unpaired) electrons. The van der Waals surface area contributed by atoms with Crippen molar-refractivity contribution >= 4 is 5.91 Å². The smallest absolute Gasteiger partial charge is 0.259 e. The second-order valence-corrected chi connectivity index (χ2v) is 5.88. The summed E-state index contributed by atoms with van der Waals surface area (Å²) in [7, 11) is 1.84. The molecule has 1 amide bonds. The third kappa shape index (κ3) is 2.68. The van der Waals surface area contributed by atoms with E-state index in [9.17, 15) is 9.59 Å². The Labute approximate surface area is 128 Å². The number of aryl methyl sites for hydroxylation is 2. The molecular formula is C16H20N4O2. The predicted molar refractivity (Wildman–Crippen MR) is 82.9 cm³/mol. The maximum atomic E-state index is 12.6. The van der Waals surface area contributed by atoms with Crippen LogP contribution in [0.5, 0.6) is 0 Å². The summed E-state index contributed by atoms with van der Waals surface area (Å²) in [5, 5.41) is 6.98. The minimum Gasteiger partial charge on any atom is -0.354 e. The van der Waals surface area contributed by atoms with E-state index in [1.54, 1.807) is 17.3 Å². The van der Waals surface area contributed by atoms with Gasteiger partial charge in [0.2, 0.25) is 0 Å². The standard InChI is InChI=1S/C16H20N4O2/c1-11-9-15(21)13(10-19(11)2)16(22)20-7-4-12(5-8-20)14-3-6-17-18-14/h3,6,9-10,12H,4-5,7-8H2,1-2H3,(H,17,18). The lowest BCUT2D eigenvalue weighted by Crippen LogP contribution is -2.40. The van der Waals surface area contributed by atoms with Crippen molar-refractivity contribution in [2.24, 2.45) is 7.05 Å². The highest BCUT2D eigenvalue weighted by Gasteiger charge is 2.26. The van der Waals surface area contributed by atoms with E-state index >= 15 is 0 Å². The molecule has 0 aliphatic carbocycles. The number of piperidine rings is 1. The molecule has 6 heteroatoms. The quantitative estimate of drug-likeness (QED) is 0.912. The van der Waals surface area contributed by atoms with E-state index in [1.165, 1.54) is 6.07 Å². The molecule has 0 aromatic carbocycles. The van der Waals surface area contributed by atoms with E-state index in [0.717, 1.165) is 24.2 Å². The number of carbonyl (C=O) groups excluding carboxylic acids is 1. The molecule has 1 saturated heterocycles. The number of nitrogens with one attached hydrogen (secondary N) is 1. The number of amides is 1. The Bertz CT molecular complexity index is 725. The minimum atomic E-state index is -0.198. The molecule has 116 valence electrons. The molecule has 0 bridgehead atoms. The van der Waals surface area contributed by atoms with Gasteiger partial charge in [-0.1, -0.05) is 0 Å². The Morgan fingerprint density at radius 3 is 2.73 bits per heavy atom. The van der Waals surface area contributed by atoms with Crippen molar-refractivity contribution in [3.63, 3.8) is 0 Å². The average molecular weight is 300 g/mol. The van der Waals surface area contributed by atoms with Gasteiger partial charge in [0, 0.05) is 55.9 Å². The molecule has 3 rings (SSSR count). The predicted octanol–water partition coefficient (Wildman–Crippen LogP) is 1.44. The Hall–Kier alpha value is -2.37. The van der Waals surface area contributed by atoms with Crippen LogP contribution in [0.15, 0.2) is 29.3 Å². The zero-order valence-electron chi connectivity index (χ0n) is 12.9. The van der Waals surface area contributed by atoms with Crippen LogP contribution >= 0.6 is 0 Å². The number of carbonyl (C=O) groups is 1. The molecular weight excluding hydrogens is 280 g/mol. The van der Waals surface area contributed by atoms with Gasteiger partial charge in [0.1, 0.15) is 5.56 Å². The van der Waals surface area contributed by atoms with Crippen molar-refractivity contribution in [1.82, 2.24) is 19.7 Å². The van der Waals surface area contributed by atoms with Crippen molar-refractivity contribution in [2.75, 3.05) is 13.1 Å². The number of H-pyrrole nitrogens is 1. The number of nitrogens with zero attached hydrogens (tertiary/aromatic N) is 3. The number of aromatic nitrogens is 3. The SMILES string of the molecule is Cc1cc(=O)c(C(=O)N2CCC(c3ccn[nH]3)CC2)cn1C. The number of likely N-dealkylation sites (tertiary alicyclic amines) is 1. The van der Waals surface area contributed by atoms with Crippen LogP contribution in [0.2, 0.25) is 0 Å². The van der Waals surface area contributed by atoms with E-state index in [2.05, 4.69) is 10.2 Å². The first-order valence-corrected chi connectivity index (χ1v) is 7.52. The summed E-state index contributed by atoms with van der Waals surface area (Å²) in [4.78, 5) is 26.4. The van der Waals surface area contributed by atoms with E-state index in [-0.39, 0.29) is 16.9 Å². The number of pyridine rings is 1. The number of hydrogen-bond donors (Lipinski definition) is 1. The van der Waals surface area contributed by atoms with Gasteiger partial charge in [-0.05, 0) is 25.8 Å². The average Bonchev–Trinajstić information content (AvgIpc) is 3.05. The molecule has 0 saturated carbocycles. The number of aromatic amines is 1. The monoisotopic (exact) mass is 300 g/mol. The van der Waals surface area contributed by atoms with Crippen LogP contribution in [0.4, 0.5) is 0 Å². The Morgan fingerprint density at radius 1 is 1.36 bits per heavy atom. The van der Waals surface area contributed by atoms with Gasteiger partial charge in [-0.15, -0.1) is 0 Å². The molecule has 0 spiro atoms. The maximum Gasteiger partial charge on any atom is 0.259 e. The van der Waals surface area contributed by atoms with Crippen LogP contribution in [-0.4, -0.2) is 38.7 Å². The molecule has 1 N–H and O–H groups in total. The normalized spacial score (nSPS) is 16.0. The molecule has 1 fully saturated rings. The molecule has 0 unspecified atom stereocenters. The third-order valence-electron chi connectivity index (χ3n) is 4.46. The van der Waals surface area contributed by atoms with E-state index in [0.29, 0.717) is 19.0 Å². The number of rotatable bonds is 2. The van der Waals surface area contributed by atoms with Crippen molar-refractivity contribution in [2.45, 2.75) is 25.7 Å². The van der Waals surface area contributed by atoms with E-state index < -0.39 is 0 Å². The third-order valence-corrected chi connectivity index (χ3v) is 4.46. The zero-order valence-corrected chi connectivity index (χ0v) is 12.9. The van der Waals surface area contributed by atoms with Crippen molar-refractivity contribution in [1.29, 1.82) is 0 Å². The van der Waals surface area contributed by atoms with Gasteiger partial charge in [-0.3, -0.25) is 14.7 Å². The van der Waals surface area contributed by atoms with Gasteiger partial charge < -0.3 is 9.47 Å². The molecule has 6 nitrogen and oxygen atoms in total. The van der Waals surface area contributed by atoms with Gasteiger partial charge in [0.05, 0.1) is 0 Å². The Morgan fingerprint density at radius 2 is 2.09 bits per heavy atom. The van der Waals surface area contributed by atoms with Gasteiger partial charge in [0.15, 0.2) is 5.43 Å². The Balaban J connectivity index is 1.72. The van der Waals surface area contributed by atoms with Gasteiger partial charge in [-0.25, -0.2) is 0 Å². The van der Waals surface area contributed by atoms with Crippen molar-refractivity contribution in [3.8, 4) is 0 Å². The lowest BCUT2D eigenvalue weighted by atomic mass is 9.93. The lowest BCUT2D eigenvalue weighted by molar-refractivity contribution is 0.0710. The summed E-state index contributed by atoms with van der Waals surface area (Å²) in [5.74, 6) is 0.246. The lowest BCUT2D eigenvalue weighted by Gasteiger charge is -2.31. The van der Waals surface area contributed by atoms with Crippen LogP contribution in [0.1, 0.15) is 40.5 Å². The van der Waals surface area contributed by atoms with Crippen molar-refractivity contribution < 1.29 is 4.79 Å². The summed E-state index contributed by atoms with van der Waals surface area (Å²) in [6.45, 7) is 3.19. The van der Waals surface area contributed by atoms with Gasteiger partial charge in [0.25, 0.3) is 5.91 Å². The zero-order chi connectivity index (χ0) is 15.7. The first-order chi connectivity index (χ1) is 10.6. The molecule has 0 atom stereocenters. The second kappa shape index (κ2) is 5.79. The summed E-state index contributed by atoms with van der Waals surface area (Å²) < 4.78 is 1.81. The minimum absolute atomic E-state index is 0.163. The van der Waals surface area contributed by atoms with Gasteiger partial charge >= 0.3 is 0 Å². The fraction of sp³-hybridized carbons (Fsp3) is 0.438. The highest BCUT2D eigenvalue weighted by molar-refractivity contribution is 5.93. The molecule has 1 aliphatic heterocycles. The van der Waals surface area contributed by atoms with Crippen molar-refractivity contribution in [3.05, 3.63) is 51.7 Å². The van der Waals surface area contributed by atoms with Crippen LogP contribution in [0, 0.1) is 6.92 Å². The fourth-order valence-corrected chi connectivity index (χ4v) is 2.95. The van der Waals surface area contributed by atoms with E-state index in [1.807, 2.05) is 24.6 Å². The highest BCUT2D eigenvalue weighted by atomic mass is 16.2. The van der Waals surface area contributed by atoms with E-state index in [4.69, 9.17) is 0 Å². The van der Waals surface area contributed by atoms with Crippen LogP contribution in [0.3, 0.4) is 0 Å². The molecule has 22 heavy (non-hydrogen) atoms. The highest BCUT2D eigenvalue weighted by Crippen LogP contribution is 2.26. The summed E-state index contributed by atoms with van der Waals surface area (Å²) in [5.41, 5.74) is 2.03. The summed E-state index contributed by atoms with van der Waals surface area (Å²) in [6.07, 6.45) is 5.17. The van der Waals surface area contributed by atoms with Crippen LogP contribution in [0.25, 0.3) is 0 Å². The molecule has 3 heterocycles. The second-order valence-electron chi connectivity index (χ2n) is 5.88. The van der Waals surface area contributed by atoms with Gasteiger partial charge in [-0.2, -0.15) is 5.10 Å². The topological polar surface area (TPSA) is 71.0 Å². The molecule has 2 aromatic heterocycles. The summed E-state index contributed by atoms with van der Waals surface area (Å²) >= 11 is 0. The maximum absolute atomic E-state index is 12.6.